The number of amides is 1. The molecule has 0 spiro atoms. The molecule has 34 heavy (non-hydrogen) atoms. The molecule has 0 saturated heterocycles. The van der Waals surface area contributed by atoms with Gasteiger partial charge in [0.15, 0.2) is 16.9 Å². The largest absolute Gasteiger partial charge is 0.493 e. The van der Waals surface area contributed by atoms with Crippen LogP contribution in [0.25, 0.3) is 11.0 Å². The number of carbonyl (C=O) groups is 1. The molecule has 2 aromatic carbocycles. The Bertz CT molecular complexity index is 1300. The monoisotopic (exact) mass is 466 g/mol. The van der Waals surface area contributed by atoms with Gasteiger partial charge in [-0.3, -0.25) is 9.59 Å². The van der Waals surface area contributed by atoms with Crippen LogP contribution in [0.15, 0.2) is 58.3 Å². The number of carbonyl (C=O) groups excluding carboxylic acids is 1. The van der Waals surface area contributed by atoms with Crippen molar-refractivity contribution in [1.82, 2.24) is 9.80 Å². The van der Waals surface area contributed by atoms with Crippen molar-refractivity contribution in [1.29, 1.82) is 0 Å². The number of hydrogen-bond acceptors (Lipinski definition) is 6. The van der Waals surface area contributed by atoms with E-state index in [4.69, 9.17) is 13.9 Å². The summed E-state index contributed by atoms with van der Waals surface area (Å²) in [7, 11) is 5.43. The summed E-state index contributed by atoms with van der Waals surface area (Å²) < 4.78 is 30.9. The summed E-state index contributed by atoms with van der Waals surface area (Å²) in [6, 6.07) is 8.30. The molecule has 0 radical (unpaired) electrons. The van der Waals surface area contributed by atoms with Crippen molar-refractivity contribution in [2.45, 2.75) is 12.5 Å². The molecule has 1 atom stereocenters. The molecule has 1 amide bonds. The molecule has 3 aromatic rings. The molecule has 0 aliphatic carbocycles. The van der Waals surface area contributed by atoms with Gasteiger partial charge in [-0.05, 0) is 63.0 Å². The predicted octanol–water partition coefficient (Wildman–Crippen LogP) is 4.00. The third-order valence-corrected chi connectivity index (χ3v) is 5.79. The lowest BCUT2D eigenvalue weighted by molar-refractivity contribution is 0.0722. The van der Waals surface area contributed by atoms with Crippen molar-refractivity contribution in [3.63, 3.8) is 0 Å². The zero-order valence-corrected chi connectivity index (χ0v) is 19.5. The first-order valence-electron chi connectivity index (χ1n) is 11.0. The van der Waals surface area contributed by atoms with Crippen LogP contribution in [0.2, 0.25) is 0 Å². The maximum absolute atomic E-state index is 13.9. The highest BCUT2D eigenvalue weighted by Crippen LogP contribution is 2.41. The predicted molar refractivity (Wildman–Crippen MR) is 127 cm³/mol. The van der Waals surface area contributed by atoms with Gasteiger partial charge >= 0.3 is 0 Å². The number of benzene rings is 2. The van der Waals surface area contributed by atoms with Gasteiger partial charge in [0.1, 0.15) is 18.0 Å². The summed E-state index contributed by atoms with van der Waals surface area (Å²) in [4.78, 5) is 30.6. The second-order valence-corrected chi connectivity index (χ2v) is 8.38. The van der Waals surface area contributed by atoms with Crippen LogP contribution >= 0.6 is 0 Å². The van der Waals surface area contributed by atoms with Crippen LogP contribution in [0.5, 0.6) is 11.5 Å². The van der Waals surface area contributed by atoms with Crippen LogP contribution in [0.3, 0.4) is 0 Å². The van der Waals surface area contributed by atoms with Gasteiger partial charge in [0.2, 0.25) is 5.76 Å². The second kappa shape index (κ2) is 9.69. The highest BCUT2D eigenvalue weighted by Gasteiger charge is 2.42. The minimum atomic E-state index is -0.698. The first-order chi connectivity index (χ1) is 16.3. The van der Waals surface area contributed by atoms with Gasteiger partial charge in [-0.2, -0.15) is 0 Å². The number of hydrogen-bond donors (Lipinski definition) is 0. The highest BCUT2D eigenvalue weighted by molar-refractivity contribution is 5.99. The van der Waals surface area contributed by atoms with E-state index in [0.29, 0.717) is 36.6 Å². The van der Waals surface area contributed by atoms with Crippen LogP contribution in [0, 0.1) is 5.82 Å². The van der Waals surface area contributed by atoms with E-state index < -0.39 is 17.3 Å². The maximum atomic E-state index is 13.9. The van der Waals surface area contributed by atoms with E-state index in [1.54, 1.807) is 29.2 Å². The topological polar surface area (TPSA) is 72.2 Å². The van der Waals surface area contributed by atoms with Crippen molar-refractivity contribution < 1.29 is 23.1 Å². The van der Waals surface area contributed by atoms with Crippen LogP contribution in [0.1, 0.15) is 34.1 Å². The quantitative estimate of drug-likeness (QED) is 0.444. The fourth-order valence-corrected chi connectivity index (χ4v) is 4.25. The van der Waals surface area contributed by atoms with Crippen molar-refractivity contribution >= 4 is 16.9 Å². The number of methoxy groups -OCH3 is 1. The Labute approximate surface area is 197 Å². The molecule has 4 rings (SSSR count). The van der Waals surface area contributed by atoms with E-state index in [-0.39, 0.29) is 28.2 Å². The zero-order chi connectivity index (χ0) is 24.4. The number of rotatable bonds is 9. The second-order valence-electron chi connectivity index (χ2n) is 8.38. The molecular formula is C26H27FN2O5. The summed E-state index contributed by atoms with van der Waals surface area (Å²) >= 11 is 0. The summed E-state index contributed by atoms with van der Waals surface area (Å²) in [5.74, 6) is 0.0546. The standard InChI is InChI=1S/C26H27FN2O5/c1-5-13-33-20-9-7-16(14-21(20)32-4)23-22-24(30)18-15-17(27)8-10-19(18)34-25(22)26(31)29(23)12-6-11-28(2)3/h5,7-10,14-15,23H,1,6,11-13H2,2-4H3/t23-/m1/s1. The normalized spacial score (nSPS) is 15.1. The van der Waals surface area contributed by atoms with E-state index >= 15 is 0 Å². The molecule has 1 aliphatic rings. The van der Waals surface area contributed by atoms with Gasteiger partial charge in [0.25, 0.3) is 5.91 Å². The lowest BCUT2D eigenvalue weighted by Crippen LogP contribution is -2.32. The lowest BCUT2D eigenvalue weighted by atomic mass is 9.98. The highest BCUT2D eigenvalue weighted by atomic mass is 19.1. The van der Waals surface area contributed by atoms with E-state index in [2.05, 4.69) is 6.58 Å². The Morgan fingerprint density at radius 3 is 2.68 bits per heavy atom. The fraction of sp³-hybridized carbons (Fsp3) is 0.308. The molecule has 0 fully saturated rings. The number of nitrogens with zero attached hydrogens (tertiary/aromatic N) is 2. The van der Waals surface area contributed by atoms with Gasteiger partial charge in [-0.1, -0.05) is 18.7 Å². The Hall–Kier alpha value is -3.65. The Balaban J connectivity index is 1.86. The molecule has 7 nitrogen and oxygen atoms in total. The molecule has 178 valence electrons. The van der Waals surface area contributed by atoms with Crippen LogP contribution in [-0.2, 0) is 0 Å². The van der Waals surface area contributed by atoms with E-state index in [0.717, 1.165) is 12.6 Å². The summed E-state index contributed by atoms with van der Waals surface area (Å²) in [6.07, 6.45) is 2.32. The number of ether oxygens (including phenoxy) is 2. The van der Waals surface area contributed by atoms with E-state index in [1.807, 2.05) is 19.0 Å². The molecular weight excluding hydrogens is 439 g/mol. The van der Waals surface area contributed by atoms with Gasteiger partial charge < -0.3 is 23.7 Å². The third kappa shape index (κ3) is 4.28. The van der Waals surface area contributed by atoms with Gasteiger partial charge in [0.05, 0.1) is 24.1 Å². The van der Waals surface area contributed by atoms with Crippen LogP contribution < -0.4 is 14.9 Å². The molecule has 0 bridgehead atoms. The Morgan fingerprint density at radius 1 is 1.18 bits per heavy atom. The van der Waals surface area contributed by atoms with Crippen LogP contribution in [-0.4, -0.2) is 56.6 Å². The molecule has 0 unspecified atom stereocenters. The summed E-state index contributed by atoms with van der Waals surface area (Å²) in [5, 5.41) is 0.101. The average molecular weight is 467 g/mol. The summed E-state index contributed by atoms with van der Waals surface area (Å²) in [5.41, 5.74) is 0.630. The van der Waals surface area contributed by atoms with Gasteiger partial charge in [-0.25, -0.2) is 4.39 Å². The maximum Gasteiger partial charge on any atom is 0.290 e. The SMILES string of the molecule is C=CCOc1ccc([C@@H]2c3c(oc4ccc(F)cc4c3=O)C(=O)N2CCCN(C)C)cc1OC. The fourth-order valence-electron chi connectivity index (χ4n) is 4.25. The Morgan fingerprint density at radius 2 is 1.97 bits per heavy atom. The van der Waals surface area contributed by atoms with Gasteiger partial charge in [-0.15, -0.1) is 0 Å². The van der Waals surface area contributed by atoms with E-state index in [9.17, 15) is 14.0 Å². The molecule has 1 aliphatic heterocycles. The molecule has 8 heteroatoms. The smallest absolute Gasteiger partial charge is 0.290 e. The van der Waals surface area contributed by atoms with Crippen molar-refractivity contribution in [2.24, 2.45) is 0 Å². The Kier molecular flexibility index (Phi) is 6.70. The van der Waals surface area contributed by atoms with Crippen molar-refractivity contribution in [3.8, 4) is 11.5 Å². The first kappa shape index (κ1) is 23.5. The lowest BCUT2D eigenvalue weighted by Gasteiger charge is -2.26. The number of fused-ring (bicyclic) bond motifs is 2. The molecule has 0 N–H and O–H groups in total. The summed E-state index contributed by atoms with van der Waals surface area (Å²) in [6.45, 7) is 5.13. The number of halogens is 1. The first-order valence-corrected chi connectivity index (χ1v) is 11.0. The minimum Gasteiger partial charge on any atom is -0.493 e. The molecule has 1 aromatic heterocycles. The van der Waals surface area contributed by atoms with Crippen molar-refractivity contribution in [2.75, 3.05) is 40.9 Å². The van der Waals surface area contributed by atoms with Gasteiger partial charge in [0, 0.05) is 6.54 Å². The third-order valence-electron chi connectivity index (χ3n) is 5.79. The van der Waals surface area contributed by atoms with Crippen molar-refractivity contribution in [3.05, 3.63) is 82.0 Å². The average Bonchev–Trinajstić information content (AvgIpc) is 3.10. The molecule has 0 saturated carbocycles. The van der Waals surface area contributed by atoms with E-state index in [1.165, 1.54) is 19.2 Å². The van der Waals surface area contributed by atoms with Crippen LogP contribution in [0.4, 0.5) is 4.39 Å². The zero-order valence-electron chi connectivity index (χ0n) is 19.5. The molecule has 2 heterocycles. The minimum absolute atomic E-state index is 0.00934.